The predicted octanol–water partition coefficient (Wildman–Crippen LogP) is 4.22. The lowest BCUT2D eigenvalue weighted by Crippen LogP contribution is -2.37. The van der Waals surface area contributed by atoms with Gasteiger partial charge >= 0.3 is 12.1 Å². The van der Waals surface area contributed by atoms with E-state index >= 15 is 0 Å². The van der Waals surface area contributed by atoms with Crippen LogP contribution in [0.25, 0.3) is 0 Å². The third-order valence-corrected chi connectivity index (χ3v) is 3.88. The van der Waals surface area contributed by atoms with Crippen molar-refractivity contribution in [2.75, 3.05) is 16.8 Å². The molecule has 0 saturated carbocycles. The first-order valence-corrected chi connectivity index (χ1v) is 7.11. The first-order valence-electron chi connectivity index (χ1n) is 6.73. The molecule has 0 aliphatic carbocycles. The van der Waals surface area contributed by atoms with Gasteiger partial charge in [0.25, 0.3) is 0 Å². The van der Waals surface area contributed by atoms with Crippen molar-refractivity contribution in [3.8, 4) is 0 Å². The van der Waals surface area contributed by atoms with Gasteiger partial charge in [0, 0.05) is 18.3 Å². The molecule has 1 amide bonds. The predicted molar refractivity (Wildman–Crippen MR) is 76.8 cm³/mol. The van der Waals surface area contributed by atoms with Gasteiger partial charge in [-0.2, -0.15) is 13.2 Å². The molecule has 116 valence electrons. The Hall–Kier alpha value is -1.43. The van der Waals surface area contributed by atoms with E-state index in [1.54, 1.807) is 11.4 Å². The van der Waals surface area contributed by atoms with E-state index in [1.165, 1.54) is 12.1 Å². The molecular weight excluding hydrogens is 305 g/mol. The summed E-state index contributed by atoms with van der Waals surface area (Å²) in [6.45, 7) is 2.96. The second-order valence-corrected chi connectivity index (χ2v) is 5.56. The molecule has 0 spiro atoms. The Balaban J connectivity index is 2.16. The Morgan fingerprint density at radius 1 is 1.38 bits per heavy atom. The highest BCUT2D eigenvalue weighted by atomic mass is 35.5. The van der Waals surface area contributed by atoms with E-state index in [0.29, 0.717) is 11.1 Å². The minimum atomic E-state index is -4.91. The molecule has 1 aliphatic heterocycles. The zero-order chi connectivity index (χ0) is 15.6. The number of hydrogen-bond donors (Lipinski definition) is 1. The Kier molecular flexibility index (Phi) is 4.66. The monoisotopic (exact) mass is 320 g/mol. The fraction of sp³-hybridized carbons (Fsp3) is 0.500. The van der Waals surface area contributed by atoms with Crippen molar-refractivity contribution in [2.45, 2.75) is 38.4 Å². The molecule has 21 heavy (non-hydrogen) atoms. The van der Waals surface area contributed by atoms with E-state index < -0.39 is 12.1 Å². The smallest absolute Gasteiger partial charge is 0.368 e. The lowest BCUT2D eigenvalue weighted by molar-refractivity contribution is -0.167. The summed E-state index contributed by atoms with van der Waals surface area (Å²) in [4.78, 5) is 13.0. The number of nitrogens with one attached hydrogen (secondary N) is 1. The minimum absolute atomic E-state index is 0.0377. The van der Waals surface area contributed by atoms with E-state index in [9.17, 15) is 18.0 Å². The molecule has 3 nitrogen and oxygen atoms in total. The summed E-state index contributed by atoms with van der Waals surface area (Å²) in [5.74, 6) is -2.00. The third kappa shape index (κ3) is 3.81. The second-order valence-electron chi connectivity index (χ2n) is 5.16. The number of amides is 1. The number of hydrogen-bond acceptors (Lipinski definition) is 2. The first-order chi connectivity index (χ1) is 9.79. The zero-order valence-electron chi connectivity index (χ0n) is 11.5. The molecule has 0 bridgehead atoms. The fourth-order valence-electron chi connectivity index (χ4n) is 2.48. The van der Waals surface area contributed by atoms with E-state index in [4.69, 9.17) is 11.6 Å². The Morgan fingerprint density at radius 3 is 2.67 bits per heavy atom. The Bertz CT molecular complexity index is 533. The van der Waals surface area contributed by atoms with Gasteiger partial charge in [-0.25, -0.2) is 0 Å². The quantitative estimate of drug-likeness (QED) is 0.885. The summed E-state index contributed by atoms with van der Waals surface area (Å²) >= 11 is 6.15. The fourth-order valence-corrected chi connectivity index (χ4v) is 2.76. The van der Waals surface area contributed by atoms with Crippen molar-refractivity contribution >= 4 is 28.9 Å². The van der Waals surface area contributed by atoms with Crippen LogP contribution >= 0.6 is 11.6 Å². The summed E-state index contributed by atoms with van der Waals surface area (Å²) in [5.41, 5.74) is 0.824. The van der Waals surface area contributed by atoms with Crippen LogP contribution in [0, 0.1) is 0 Å². The van der Waals surface area contributed by atoms with Crippen LogP contribution in [-0.4, -0.2) is 24.7 Å². The number of carbonyl (C=O) groups is 1. The number of piperidine rings is 1. The third-order valence-electron chi connectivity index (χ3n) is 3.58. The van der Waals surface area contributed by atoms with E-state index in [2.05, 4.69) is 11.8 Å². The van der Waals surface area contributed by atoms with Gasteiger partial charge in [-0.3, -0.25) is 4.79 Å². The molecule has 1 N–H and O–H groups in total. The average Bonchev–Trinajstić information content (AvgIpc) is 2.39. The van der Waals surface area contributed by atoms with Crippen molar-refractivity contribution in [1.82, 2.24) is 0 Å². The summed E-state index contributed by atoms with van der Waals surface area (Å²) in [7, 11) is 0. The first kappa shape index (κ1) is 15.9. The second kappa shape index (κ2) is 6.13. The number of benzene rings is 1. The Labute approximate surface area is 126 Å². The molecule has 1 aliphatic rings. The number of alkyl halides is 3. The van der Waals surface area contributed by atoms with Crippen molar-refractivity contribution in [3.63, 3.8) is 0 Å². The summed E-state index contributed by atoms with van der Waals surface area (Å²) in [6.07, 6.45) is -1.63. The normalized spacial score (nSPS) is 19.5. The van der Waals surface area contributed by atoms with Crippen molar-refractivity contribution in [3.05, 3.63) is 23.2 Å². The lowest BCUT2D eigenvalue weighted by Gasteiger charge is -2.36. The molecule has 1 atom stereocenters. The number of anilines is 2. The number of carbonyl (C=O) groups excluding carboxylic acids is 1. The SMILES string of the molecule is C[C@@H]1CCCCN1c1ccc(NC(=O)C(F)(F)F)cc1Cl. The standard InChI is InChI=1S/C14H16ClF3N2O/c1-9-4-2-3-7-20(9)12-6-5-10(8-11(12)15)19-13(21)14(16,17)18/h5-6,8-9H,2-4,7H2,1H3,(H,19,21)/t9-/m1/s1. The maximum absolute atomic E-state index is 12.2. The van der Waals surface area contributed by atoms with Crippen molar-refractivity contribution < 1.29 is 18.0 Å². The lowest BCUT2D eigenvalue weighted by atomic mass is 10.0. The molecule has 0 radical (unpaired) electrons. The molecule has 0 aromatic heterocycles. The maximum atomic E-state index is 12.2. The number of rotatable bonds is 2. The van der Waals surface area contributed by atoms with Crippen molar-refractivity contribution in [1.29, 1.82) is 0 Å². The summed E-state index contributed by atoms with van der Waals surface area (Å²) in [6, 6.07) is 4.77. The van der Waals surface area contributed by atoms with Gasteiger partial charge in [0.1, 0.15) is 0 Å². The summed E-state index contributed by atoms with van der Waals surface area (Å²) in [5, 5.41) is 2.13. The molecule has 7 heteroatoms. The molecule has 1 heterocycles. The van der Waals surface area contributed by atoms with Crippen LogP contribution in [-0.2, 0) is 4.79 Å². The molecule has 1 fully saturated rings. The van der Waals surface area contributed by atoms with Gasteiger partial charge < -0.3 is 10.2 Å². The maximum Gasteiger partial charge on any atom is 0.471 e. The van der Waals surface area contributed by atoms with Crippen LogP contribution < -0.4 is 10.2 Å². The van der Waals surface area contributed by atoms with Crippen molar-refractivity contribution in [2.24, 2.45) is 0 Å². The zero-order valence-corrected chi connectivity index (χ0v) is 12.3. The molecular formula is C14H16ClF3N2O. The molecule has 2 rings (SSSR count). The number of nitrogens with zero attached hydrogens (tertiary/aromatic N) is 1. The van der Waals surface area contributed by atoms with E-state index in [1.807, 2.05) is 0 Å². The van der Waals surface area contributed by atoms with Crippen LogP contribution in [0.15, 0.2) is 18.2 Å². The van der Waals surface area contributed by atoms with Crippen LogP contribution in [0.5, 0.6) is 0 Å². The highest BCUT2D eigenvalue weighted by molar-refractivity contribution is 6.33. The van der Waals surface area contributed by atoms with Gasteiger partial charge in [-0.15, -0.1) is 0 Å². The number of halogens is 4. The molecule has 1 aromatic carbocycles. The van der Waals surface area contributed by atoms with E-state index in [0.717, 1.165) is 31.5 Å². The van der Waals surface area contributed by atoms with Gasteiger partial charge in [0.2, 0.25) is 0 Å². The van der Waals surface area contributed by atoms with Crippen LogP contribution in [0.1, 0.15) is 26.2 Å². The molecule has 0 unspecified atom stereocenters. The largest absolute Gasteiger partial charge is 0.471 e. The van der Waals surface area contributed by atoms with Crippen LogP contribution in [0.4, 0.5) is 24.5 Å². The van der Waals surface area contributed by atoms with Gasteiger partial charge in [-0.05, 0) is 44.4 Å². The minimum Gasteiger partial charge on any atom is -0.368 e. The molecule has 1 saturated heterocycles. The summed E-state index contributed by atoms with van der Waals surface area (Å²) < 4.78 is 36.6. The highest BCUT2D eigenvalue weighted by Crippen LogP contribution is 2.33. The highest BCUT2D eigenvalue weighted by Gasteiger charge is 2.38. The van der Waals surface area contributed by atoms with Gasteiger partial charge in [0.05, 0.1) is 10.7 Å². The topological polar surface area (TPSA) is 32.3 Å². The van der Waals surface area contributed by atoms with Gasteiger partial charge in [-0.1, -0.05) is 11.6 Å². The molecule has 1 aromatic rings. The Morgan fingerprint density at radius 2 is 2.10 bits per heavy atom. The van der Waals surface area contributed by atoms with E-state index in [-0.39, 0.29) is 5.69 Å². The average molecular weight is 321 g/mol. The van der Waals surface area contributed by atoms with Gasteiger partial charge in [0.15, 0.2) is 0 Å². The van der Waals surface area contributed by atoms with Crippen LogP contribution in [0.2, 0.25) is 5.02 Å². The van der Waals surface area contributed by atoms with Crippen LogP contribution in [0.3, 0.4) is 0 Å².